The van der Waals surface area contributed by atoms with Crippen LogP contribution in [0.3, 0.4) is 0 Å². The van der Waals surface area contributed by atoms with Crippen LogP contribution in [0.4, 0.5) is 4.79 Å². The SMILES string of the molecule is O=C1OCCN1[C@H](CO)c1ccccc1. The summed E-state index contributed by atoms with van der Waals surface area (Å²) in [5.41, 5.74) is 0.929. The predicted octanol–water partition coefficient (Wildman–Crippen LogP) is 1.17. The van der Waals surface area contributed by atoms with Crippen molar-refractivity contribution in [3.8, 4) is 0 Å². The van der Waals surface area contributed by atoms with Gasteiger partial charge in [0, 0.05) is 0 Å². The molecule has 1 atom stereocenters. The monoisotopic (exact) mass is 207 g/mol. The first kappa shape index (κ1) is 9.98. The fourth-order valence-corrected chi connectivity index (χ4v) is 1.75. The number of aliphatic hydroxyl groups excluding tert-OH is 1. The van der Waals surface area contributed by atoms with Gasteiger partial charge in [0.2, 0.25) is 0 Å². The number of hydrogen-bond donors (Lipinski definition) is 1. The van der Waals surface area contributed by atoms with Crippen molar-refractivity contribution in [1.82, 2.24) is 4.90 Å². The second-order valence-corrected chi connectivity index (χ2v) is 3.42. The van der Waals surface area contributed by atoms with Crippen molar-refractivity contribution >= 4 is 6.09 Å². The van der Waals surface area contributed by atoms with Crippen LogP contribution in [-0.2, 0) is 4.74 Å². The lowest BCUT2D eigenvalue weighted by atomic mass is 10.1. The lowest BCUT2D eigenvalue weighted by Gasteiger charge is -2.23. The molecule has 15 heavy (non-hydrogen) atoms. The van der Waals surface area contributed by atoms with E-state index in [1.807, 2.05) is 30.3 Å². The second kappa shape index (κ2) is 4.31. The normalized spacial score (nSPS) is 17.7. The number of aliphatic hydroxyl groups is 1. The van der Waals surface area contributed by atoms with Gasteiger partial charge in [0.1, 0.15) is 6.61 Å². The number of carbonyl (C=O) groups excluding carboxylic acids is 1. The Bertz CT molecular complexity index is 339. The molecule has 0 saturated carbocycles. The van der Waals surface area contributed by atoms with Crippen molar-refractivity contribution in [3.63, 3.8) is 0 Å². The summed E-state index contributed by atoms with van der Waals surface area (Å²) < 4.78 is 4.85. The largest absolute Gasteiger partial charge is 0.448 e. The van der Waals surface area contributed by atoms with E-state index in [9.17, 15) is 9.90 Å². The van der Waals surface area contributed by atoms with Crippen LogP contribution in [0.2, 0.25) is 0 Å². The standard InChI is InChI=1S/C11H13NO3/c13-8-10(9-4-2-1-3-5-9)12-6-7-15-11(12)14/h1-5,10,13H,6-8H2/t10-/m1/s1. The van der Waals surface area contributed by atoms with Gasteiger partial charge in [0.15, 0.2) is 0 Å². The molecular formula is C11H13NO3. The molecular weight excluding hydrogens is 194 g/mol. The number of amides is 1. The van der Waals surface area contributed by atoms with Crippen LogP contribution in [0.1, 0.15) is 11.6 Å². The van der Waals surface area contributed by atoms with E-state index in [0.717, 1.165) is 5.56 Å². The van der Waals surface area contributed by atoms with Crippen molar-refractivity contribution in [2.24, 2.45) is 0 Å². The first-order chi connectivity index (χ1) is 7.33. The molecule has 0 bridgehead atoms. The molecule has 1 aliphatic heterocycles. The van der Waals surface area contributed by atoms with Crippen LogP contribution in [0.25, 0.3) is 0 Å². The molecule has 2 rings (SSSR count). The minimum atomic E-state index is -0.349. The molecule has 1 amide bonds. The van der Waals surface area contributed by atoms with Gasteiger partial charge < -0.3 is 9.84 Å². The summed E-state index contributed by atoms with van der Waals surface area (Å²) >= 11 is 0. The lowest BCUT2D eigenvalue weighted by molar-refractivity contribution is 0.126. The summed E-state index contributed by atoms with van der Waals surface area (Å²) in [5.74, 6) is 0. The highest BCUT2D eigenvalue weighted by Gasteiger charge is 2.29. The molecule has 1 heterocycles. The van der Waals surface area contributed by atoms with E-state index < -0.39 is 0 Å². The summed E-state index contributed by atoms with van der Waals surface area (Å²) in [7, 11) is 0. The van der Waals surface area contributed by atoms with E-state index in [1.54, 1.807) is 4.90 Å². The van der Waals surface area contributed by atoms with Gasteiger partial charge >= 0.3 is 6.09 Å². The summed E-state index contributed by atoms with van der Waals surface area (Å²) in [6.45, 7) is 0.861. The molecule has 0 aliphatic carbocycles. The molecule has 1 aromatic rings. The van der Waals surface area contributed by atoms with Gasteiger partial charge in [0.05, 0.1) is 19.2 Å². The van der Waals surface area contributed by atoms with Crippen LogP contribution in [-0.4, -0.2) is 35.9 Å². The van der Waals surface area contributed by atoms with Gasteiger partial charge in [0.25, 0.3) is 0 Å². The number of rotatable bonds is 3. The predicted molar refractivity (Wildman–Crippen MR) is 54.3 cm³/mol. The maximum Gasteiger partial charge on any atom is 0.410 e. The summed E-state index contributed by atoms with van der Waals surface area (Å²) in [6.07, 6.45) is -0.349. The number of benzene rings is 1. The molecule has 1 N–H and O–H groups in total. The zero-order chi connectivity index (χ0) is 10.7. The van der Waals surface area contributed by atoms with E-state index in [4.69, 9.17) is 4.74 Å². The zero-order valence-electron chi connectivity index (χ0n) is 8.30. The Hall–Kier alpha value is -1.55. The number of hydrogen-bond acceptors (Lipinski definition) is 3. The Morgan fingerprint density at radius 3 is 2.67 bits per heavy atom. The summed E-state index contributed by atoms with van der Waals surface area (Å²) in [5, 5.41) is 9.31. The van der Waals surface area contributed by atoms with Gasteiger partial charge in [-0.2, -0.15) is 0 Å². The third-order valence-corrected chi connectivity index (χ3v) is 2.53. The Morgan fingerprint density at radius 2 is 2.13 bits per heavy atom. The number of nitrogens with zero attached hydrogens (tertiary/aromatic N) is 1. The quantitative estimate of drug-likeness (QED) is 0.809. The van der Waals surface area contributed by atoms with E-state index in [1.165, 1.54) is 0 Å². The van der Waals surface area contributed by atoms with E-state index in [2.05, 4.69) is 0 Å². The highest BCUT2D eigenvalue weighted by Crippen LogP contribution is 2.22. The number of ether oxygens (including phenoxy) is 1. The average Bonchev–Trinajstić information content (AvgIpc) is 2.68. The topological polar surface area (TPSA) is 49.8 Å². The molecule has 1 aromatic carbocycles. The molecule has 0 unspecified atom stereocenters. The van der Waals surface area contributed by atoms with Crippen molar-refractivity contribution in [3.05, 3.63) is 35.9 Å². The first-order valence-corrected chi connectivity index (χ1v) is 4.92. The first-order valence-electron chi connectivity index (χ1n) is 4.92. The van der Waals surface area contributed by atoms with Crippen molar-refractivity contribution in [2.75, 3.05) is 19.8 Å². The molecule has 1 fully saturated rings. The van der Waals surface area contributed by atoms with Gasteiger partial charge in [-0.3, -0.25) is 4.90 Å². The van der Waals surface area contributed by atoms with Gasteiger partial charge in [-0.1, -0.05) is 30.3 Å². The van der Waals surface area contributed by atoms with Gasteiger partial charge in [-0.05, 0) is 5.56 Å². The second-order valence-electron chi connectivity index (χ2n) is 3.42. The summed E-state index contributed by atoms with van der Waals surface area (Å²) in [4.78, 5) is 12.9. The van der Waals surface area contributed by atoms with Crippen LogP contribution in [0.15, 0.2) is 30.3 Å². The van der Waals surface area contributed by atoms with Crippen molar-refractivity contribution in [1.29, 1.82) is 0 Å². The molecule has 1 saturated heterocycles. The van der Waals surface area contributed by atoms with E-state index in [0.29, 0.717) is 13.2 Å². The highest BCUT2D eigenvalue weighted by molar-refractivity contribution is 5.70. The minimum absolute atomic E-state index is 0.0842. The summed E-state index contributed by atoms with van der Waals surface area (Å²) in [6, 6.07) is 9.18. The number of cyclic esters (lactones) is 1. The third kappa shape index (κ3) is 1.94. The molecule has 4 nitrogen and oxygen atoms in total. The Balaban J connectivity index is 2.20. The maximum absolute atomic E-state index is 11.3. The fourth-order valence-electron chi connectivity index (χ4n) is 1.75. The maximum atomic E-state index is 11.3. The third-order valence-electron chi connectivity index (χ3n) is 2.53. The van der Waals surface area contributed by atoms with E-state index in [-0.39, 0.29) is 18.7 Å². The highest BCUT2D eigenvalue weighted by atomic mass is 16.6. The smallest absolute Gasteiger partial charge is 0.410 e. The van der Waals surface area contributed by atoms with Crippen molar-refractivity contribution in [2.45, 2.75) is 6.04 Å². The Kier molecular flexibility index (Phi) is 2.87. The lowest BCUT2D eigenvalue weighted by Crippen LogP contribution is -2.31. The minimum Gasteiger partial charge on any atom is -0.448 e. The zero-order valence-corrected chi connectivity index (χ0v) is 8.30. The molecule has 0 radical (unpaired) electrons. The van der Waals surface area contributed by atoms with Crippen LogP contribution < -0.4 is 0 Å². The van der Waals surface area contributed by atoms with Gasteiger partial charge in [-0.25, -0.2) is 4.79 Å². The Morgan fingerprint density at radius 1 is 1.40 bits per heavy atom. The van der Waals surface area contributed by atoms with Gasteiger partial charge in [-0.15, -0.1) is 0 Å². The molecule has 0 spiro atoms. The van der Waals surface area contributed by atoms with Crippen LogP contribution in [0, 0.1) is 0 Å². The molecule has 0 aromatic heterocycles. The van der Waals surface area contributed by atoms with E-state index >= 15 is 0 Å². The number of carbonyl (C=O) groups is 1. The fraction of sp³-hybridized carbons (Fsp3) is 0.364. The van der Waals surface area contributed by atoms with Crippen LogP contribution >= 0.6 is 0 Å². The molecule has 80 valence electrons. The Labute approximate surface area is 88.1 Å². The van der Waals surface area contributed by atoms with Crippen molar-refractivity contribution < 1.29 is 14.6 Å². The average molecular weight is 207 g/mol. The molecule has 1 aliphatic rings. The molecule has 4 heteroatoms. The van der Waals surface area contributed by atoms with Crippen LogP contribution in [0.5, 0.6) is 0 Å².